The van der Waals surface area contributed by atoms with Gasteiger partial charge in [0.2, 0.25) is 0 Å². The molecule has 1 aliphatic carbocycles. The molecule has 0 heterocycles. The Morgan fingerprint density at radius 1 is 1.30 bits per heavy atom. The predicted molar refractivity (Wildman–Crippen MR) is 78.6 cm³/mol. The van der Waals surface area contributed by atoms with E-state index in [9.17, 15) is 0 Å². The number of aliphatic hydroxyl groups is 1. The molecule has 1 fully saturated rings. The van der Waals surface area contributed by atoms with E-state index >= 15 is 0 Å². The third-order valence-electron chi connectivity index (χ3n) is 3.66. The van der Waals surface area contributed by atoms with E-state index in [1.165, 1.54) is 25.7 Å². The number of aliphatic hydroxyl groups excluding tert-OH is 1. The Bertz CT molecular complexity index is 479. The lowest BCUT2D eigenvalue weighted by atomic mass is 10.1. The van der Waals surface area contributed by atoms with E-state index < -0.39 is 0 Å². The lowest BCUT2D eigenvalue weighted by molar-refractivity contribution is 0.0888. The van der Waals surface area contributed by atoms with Gasteiger partial charge in [-0.05, 0) is 36.5 Å². The van der Waals surface area contributed by atoms with Crippen molar-refractivity contribution in [1.82, 2.24) is 0 Å². The van der Waals surface area contributed by atoms with Crippen LogP contribution in [0.25, 0.3) is 0 Å². The van der Waals surface area contributed by atoms with Gasteiger partial charge in [-0.25, -0.2) is 0 Å². The Hall–Kier alpha value is -1.50. The van der Waals surface area contributed by atoms with Gasteiger partial charge < -0.3 is 14.6 Å². The van der Waals surface area contributed by atoms with Crippen molar-refractivity contribution in [1.29, 1.82) is 0 Å². The van der Waals surface area contributed by atoms with Crippen LogP contribution in [-0.2, 0) is 11.3 Å². The molecular weight excluding hydrogens is 252 g/mol. The zero-order chi connectivity index (χ0) is 14.2. The van der Waals surface area contributed by atoms with Crippen LogP contribution in [0.1, 0.15) is 36.8 Å². The van der Waals surface area contributed by atoms with Crippen molar-refractivity contribution in [3.8, 4) is 17.6 Å². The third-order valence-corrected chi connectivity index (χ3v) is 3.66. The van der Waals surface area contributed by atoms with E-state index in [4.69, 9.17) is 14.6 Å². The molecule has 0 spiro atoms. The molecule has 1 saturated carbocycles. The van der Waals surface area contributed by atoms with E-state index in [1.807, 2.05) is 18.2 Å². The molecule has 1 aliphatic rings. The molecule has 0 unspecified atom stereocenters. The maximum Gasteiger partial charge on any atom is 0.134 e. The van der Waals surface area contributed by atoms with Gasteiger partial charge in [0, 0.05) is 6.61 Å². The summed E-state index contributed by atoms with van der Waals surface area (Å²) in [7, 11) is 1.62. The smallest absolute Gasteiger partial charge is 0.134 e. The van der Waals surface area contributed by atoms with Crippen LogP contribution in [-0.4, -0.2) is 25.4 Å². The fraction of sp³-hybridized carbons (Fsp3) is 0.529. The molecule has 0 radical (unpaired) electrons. The first-order valence-corrected chi connectivity index (χ1v) is 7.18. The van der Waals surface area contributed by atoms with Crippen molar-refractivity contribution in [3.05, 3.63) is 29.3 Å². The zero-order valence-corrected chi connectivity index (χ0v) is 12.0. The van der Waals surface area contributed by atoms with Gasteiger partial charge in [0.1, 0.15) is 12.4 Å². The first-order chi connectivity index (χ1) is 9.83. The number of rotatable bonds is 5. The second kappa shape index (κ2) is 7.94. The summed E-state index contributed by atoms with van der Waals surface area (Å²) >= 11 is 0. The van der Waals surface area contributed by atoms with Gasteiger partial charge in [0.25, 0.3) is 0 Å². The molecule has 0 saturated heterocycles. The Morgan fingerprint density at radius 3 is 2.80 bits per heavy atom. The number of benzene rings is 1. The van der Waals surface area contributed by atoms with Crippen molar-refractivity contribution in [2.24, 2.45) is 5.92 Å². The van der Waals surface area contributed by atoms with Crippen LogP contribution in [0.3, 0.4) is 0 Å². The highest BCUT2D eigenvalue weighted by atomic mass is 16.5. The summed E-state index contributed by atoms with van der Waals surface area (Å²) in [6.45, 7) is 1.31. The average Bonchev–Trinajstić information content (AvgIpc) is 2.98. The van der Waals surface area contributed by atoms with Crippen molar-refractivity contribution < 1.29 is 14.6 Å². The quantitative estimate of drug-likeness (QED) is 0.839. The maximum atomic E-state index is 8.78. The summed E-state index contributed by atoms with van der Waals surface area (Å²) in [6.07, 6.45) is 5.29. The SMILES string of the molecule is COc1ccc(COCC2CCCC2)cc1C#CCO. The lowest BCUT2D eigenvalue weighted by Gasteiger charge is -2.11. The summed E-state index contributed by atoms with van der Waals surface area (Å²) < 4.78 is 11.1. The Morgan fingerprint density at radius 2 is 2.10 bits per heavy atom. The highest BCUT2D eigenvalue weighted by Gasteiger charge is 2.14. The van der Waals surface area contributed by atoms with E-state index in [0.717, 1.165) is 29.4 Å². The highest BCUT2D eigenvalue weighted by molar-refractivity contribution is 5.48. The molecule has 1 aromatic rings. The summed E-state index contributed by atoms with van der Waals surface area (Å²) in [6, 6.07) is 5.86. The van der Waals surface area contributed by atoms with Crippen LogP contribution in [0.15, 0.2) is 18.2 Å². The number of methoxy groups -OCH3 is 1. The molecule has 3 nitrogen and oxygen atoms in total. The molecule has 0 aliphatic heterocycles. The molecule has 2 rings (SSSR count). The highest BCUT2D eigenvalue weighted by Crippen LogP contribution is 2.25. The molecule has 3 heteroatoms. The molecule has 0 amide bonds. The van der Waals surface area contributed by atoms with E-state index in [-0.39, 0.29) is 6.61 Å². The van der Waals surface area contributed by atoms with Gasteiger partial charge in [-0.1, -0.05) is 30.7 Å². The Kier molecular flexibility index (Phi) is 5.91. The van der Waals surface area contributed by atoms with Crippen molar-refractivity contribution in [2.75, 3.05) is 20.3 Å². The first-order valence-electron chi connectivity index (χ1n) is 7.18. The summed E-state index contributed by atoms with van der Waals surface area (Å²) in [5.74, 6) is 7.02. The summed E-state index contributed by atoms with van der Waals surface area (Å²) in [4.78, 5) is 0. The van der Waals surface area contributed by atoms with Crippen molar-refractivity contribution >= 4 is 0 Å². The second-order valence-corrected chi connectivity index (χ2v) is 5.16. The van der Waals surface area contributed by atoms with Gasteiger partial charge in [-0.2, -0.15) is 0 Å². The molecule has 0 atom stereocenters. The van der Waals surface area contributed by atoms with Crippen molar-refractivity contribution in [3.63, 3.8) is 0 Å². The standard InChI is InChI=1S/C17H22O3/c1-19-17-9-8-15(11-16(17)7-4-10-18)13-20-12-14-5-2-3-6-14/h8-9,11,14,18H,2-3,5-6,10,12-13H2,1H3. The van der Waals surface area contributed by atoms with Crippen LogP contribution in [0.5, 0.6) is 5.75 Å². The topological polar surface area (TPSA) is 38.7 Å². The van der Waals surface area contributed by atoms with Gasteiger partial charge >= 0.3 is 0 Å². The molecule has 1 N–H and O–H groups in total. The number of ether oxygens (including phenoxy) is 2. The van der Waals surface area contributed by atoms with E-state index in [0.29, 0.717) is 6.61 Å². The fourth-order valence-electron chi connectivity index (χ4n) is 2.60. The van der Waals surface area contributed by atoms with Crippen molar-refractivity contribution in [2.45, 2.75) is 32.3 Å². The Labute approximate surface area is 120 Å². The number of hydrogen-bond acceptors (Lipinski definition) is 3. The maximum absolute atomic E-state index is 8.78. The predicted octanol–water partition coefficient (Wildman–Crippen LogP) is 2.75. The van der Waals surface area contributed by atoms with Crippen LogP contribution in [0.2, 0.25) is 0 Å². The normalized spacial score (nSPS) is 14.9. The van der Waals surface area contributed by atoms with Gasteiger partial charge in [-0.3, -0.25) is 0 Å². The summed E-state index contributed by atoms with van der Waals surface area (Å²) in [5, 5.41) is 8.78. The van der Waals surface area contributed by atoms with E-state index in [1.54, 1.807) is 7.11 Å². The fourth-order valence-corrected chi connectivity index (χ4v) is 2.60. The summed E-state index contributed by atoms with van der Waals surface area (Å²) in [5.41, 5.74) is 1.88. The molecule has 108 valence electrons. The first kappa shape index (κ1) is 14.9. The van der Waals surface area contributed by atoms with E-state index in [2.05, 4.69) is 11.8 Å². The van der Waals surface area contributed by atoms with Crippen LogP contribution >= 0.6 is 0 Å². The van der Waals surface area contributed by atoms with Crippen LogP contribution in [0, 0.1) is 17.8 Å². The molecule has 20 heavy (non-hydrogen) atoms. The number of hydrogen-bond donors (Lipinski definition) is 1. The molecule has 0 bridgehead atoms. The Balaban J connectivity index is 1.93. The minimum atomic E-state index is -0.147. The minimum Gasteiger partial charge on any atom is -0.495 e. The second-order valence-electron chi connectivity index (χ2n) is 5.16. The zero-order valence-electron chi connectivity index (χ0n) is 12.0. The lowest BCUT2D eigenvalue weighted by Crippen LogP contribution is -2.05. The molecule has 1 aromatic carbocycles. The molecule has 0 aromatic heterocycles. The largest absolute Gasteiger partial charge is 0.495 e. The van der Waals surface area contributed by atoms with Gasteiger partial charge in [0.15, 0.2) is 0 Å². The van der Waals surface area contributed by atoms with Gasteiger partial charge in [0.05, 0.1) is 19.3 Å². The van der Waals surface area contributed by atoms with Crippen LogP contribution < -0.4 is 4.74 Å². The minimum absolute atomic E-state index is 0.147. The third kappa shape index (κ3) is 4.26. The van der Waals surface area contributed by atoms with Crippen LogP contribution in [0.4, 0.5) is 0 Å². The van der Waals surface area contributed by atoms with Gasteiger partial charge in [-0.15, -0.1) is 0 Å². The monoisotopic (exact) mass is 274 g/mol. The average molecular weight is 274 g/mol. The molecular formula is C17H22O3.